The molecule has 3 nitrogen and oxygen atoms in total. The van der Waals surface area contributed by atoms with E-state index in [0.717, 1.165) is 36.0 Å². The number of hydrogen-bond donors (Lipinski definition) is 1. The summed E-state index contributed by atoms with van der Waals surface area (Å²) in [5.74, 6) is 4.68. The Morgan fingerprint density at radius 2 is 1.50 bits per heavy atom. The lowest BCUT2D eigenvalue weighted by atomic mass is 9.32. The van der Waals surface area contributed by atoms with Crippen molar-refractivity contribution in [3.8, 4) is 0 Å². The van der Waals surface area contributed by atoms with Crippen LogP contribution in [0.5, 0.6) is 0 Å². The highest BCUT2D eigenvalue weighted by atomic mass is 16.4. The van der Waals surface area contributed by atoms with Crippen LogP contribution in [0.2, 0.25) is 0 Å². The van der Waals surface area contributed by atoms with E-state index in [2.05, 4.69) is 48.1 Å². The van der Waals surface area contributed by atoms with Crippen molar-refractivity contribution < 1.29 is 14.7 Å². The van der Waals surface area contributed by atoms with Crippen molar-refractivity contribution in [2.24, 2.45) is 68.5 Å². The standard InChI is InChI=1S/C37H60O3/c1-23(2)27-11-10-24-14-18-36(8)28(32(24)27)12-13-30-35(7)17-15-25(20-26(38)21-33(3,4)22-31(39)40)34(5,6)29(35)16-19-37(30,36)9/h24-25,27-30,32H,1,10-22H2,2-9H3,(H,39,40)/t24?,25?,27-,28?,29?,30?,32?,35-,36+,37+/m0/s1. The van der Waals surface area contributed by atoms with E-state index in [4.69, 9.17) is 0 Å². The smallest absolute Gasteiger partial charge is 0.303 e. The molecule has 3 heteroatoms. The monoisotopic (exact) mass is 552 g/mol. The van der Waals surface area contributed by atoms with Crippen LogP contribution in [0.3, 0.4) is 0 Å². The van der Waals surface area contributed by atoms with Crippen LogP contribution in [-0.2, 0) is 9.59 Å². The van der Waals surface area contributed by atoms with Crippen LogP contribution >= 0.6 is 0 Å². The zero-order valence-electron chi connectivity index (χ0n) is 27.2. The third kappa shape index (κ3) is 4.57. The first-order valence-corrected chi connectivity index (χ1v) is 16.9. The van der Waals surface area contributed by atoms with Gasteiger partial charge >= 0.3 is 5.97 Å². The maximum absolute atomic E-state index is 13.3. The summed E-state index contributed by atoms with van der Waals surface area (Å²) in [5, 5.41) is 9.30. The van der Waals surface area contributed by atoms with Gasteiger partial charge in [0.2, 0.25) is 0 Å². The van der Waals surface area contributed by atoms with Gasteiger partial charge in [-0.3, -0.25) is 9.59 Å². The first-order chi connectivity index (χ1) is 18.5. The van der Waals surface area contributed by atoms with E-state index in [1.165, 1.54) is 63.4 Å². The Kier molecular flexibility index (Phi) is 7.56. The Bertz CT molecular complexity index is 1040. The summed E-state index contributed by atoms with van der Waals surface area (Å²) >= 11 is 0. The topological polar surface area (TPSA) is 54.4 Å². The minimum absolute atomic E-state index is 0.0578. The van der Waals surface area contributed by atoms with Crippen molar-refractivity contribution in [3.05, 3.63) is 12.2 Å². The molecule has 0 heterocycles. The molecule has 40 heavy (non-hydrogen) atoms. The van der Waals surface area contributed by atoms with Gasteiger partial charge in [-0.05, 0) is 140 Å². The SMILES string of the molecule is C=C(C)[C@@H]1CCC2CC[C@]3(C)C(CCC4[C@@]5(C)CCC(CC(=O)CC(C)(C)CC(=O)O)C(C)(C)C5CC[C@]43C)C21. The fourth-order valence-electron chi connectivity index (χ4n) is 13.0. The fourth-order valence-corrected chi connectivity index (χ4v) is 13.0. The second-order valence-corrected chi connectivity index (χ2v) is 17.8. The molecule has 5 aliphatic carbocycles. The van der Waals surface area contributed by atoms with E-state index >= 15 is 0 Å². The predicted molar refractivity (Wildman–Crippen MR) is 164 cm³/mol. The molecule has 0 aromatic heterocycles. The summed E-state index contributed by atoms with van der Waals surface area (Å²) in [6.45, 7) is 23.7. The van der Waals surface area contributed by atoms with Crippen molar-refractivity contribution in [2.75, 3.05) is 0 Å². The molecule has 0 aromatic carbocycles. The molecule has 0 spiro atoms. The van der Waals surface area contributed by atoms with Gasteiger partial charge in [-0.2, -0.15) is 0 Å². The number of carboxylic acid groups (broad SMARTS) is 1. The Balaban J connectivity index is 1.36. The number of fused-ring (bicyclic) bond motifs is 7. The number of allylic oxidation sites excluding steroid dienone is 1. The normalized spacial score (nSPS) is 46.0. The van der Waals surface area contributed by atoms with Gasteiger partial charge in [0.15, 0.2) is 0 Å². The highest BCUT2D eigenvalue weighted by Gasteiger charge is 2.69. The zero-order chi connectivity index (χ0) is 29.5. The zero-order valence-corrected chi connectivity index (χ0v) is 27.2. The molecule has 0 radical (unpaired) electrons. The van der Waals surface area contributed by atoms with E-state index in [-0.39, 0.29) is 17.6 Å². The number of Topliss-reactive ketones (excluding diaryl/α,β-unsaturated/α-hetero) is 1. The van der Waals surface area contributed by atoms with Gasteiger partial charge in [-0.1, -0.05) is 60.6 Å². The molecule has 226 valence electrons. The maximum atomic E-state index is 13.3. The lowest BCUT2D eigenvalue weighted by molar-refractivity contribution is -0.235. The van der Waals surface area contributed by atoms with E-state index < -0.39 is 11.4 Å². The van der Waals surface area contributed by atoms with E-state index in [0.29, 0.717) is 40.9 Å². The average Bonchev–Trinajstić information content (AvgIpc) is 3.25. The van der Waals surface area contributed by atoms with Gasteiger partial charge in [0.05, 0.1) is 6.42 Å². The minimum Gasteiger partial charge on any atom is -0.481 e. The summed E-state index contributed by atoms with van der Waals surface area (Å²) in [6.07, 6.45) is 14.5. The van der Waals surface area contributed by atoms with E-state index in [1.54, 1.807) is 0 Å². The molecule has 0 bridgehead atoms. The summed E-state index contributed by atoms with van der Waals surface area (Å²) in [6, 6.07) is 0. The van der Waals surface area contributed by atoms with Crippen LogP contribution in [-0.4, -0.2) is 16.9 Å². The highest BCUT2D eigenvalue weighted by Crippen LogP contribution is 2.76. The van der Waals surface area contributed by atoms with Crippen molar-refractivity contribution >= 4 is 11.8 Å². The number of carboxylic acids is 1. The van der Waals surface area contributed by atoms with Crippen molar-refractivity contribution in [1.82, 2.24) is 0 Å². The maximum Gasteiger partial charge on any atom is 0.303 e. The Hall–Kier alpha value is -1.12. The van der Waals surface area contributed by atoms with Gasteiger partial charge in [0.25, 0.3) is 0 Å². The average molecular weight is 553 g/mol. The molecule has 5 aliphatic rings. The lowest BCUT2D eigenvalue weighted by Gasteiger charge is -2.72. The van der Waals surface area contributed by atoms with Gasteiger partial charge in [-0.15, -0.1) is 0 Å². The third-order valence-electron chi connectivity index (χ3n) is 15.0. The summed E-state index contributed by atoms with van der Waals surface area (Å²) < 4.78 is 0. The largest absolute Gasteiger partial charge is 0.481 e. The number of carbonyl (C=O) groups excluding carboxylic acids is 1. The van der Waals surface area contributed by atoms with Crippen LogP contribution in [0.15, 0.2) is 12.2 Å². The van der Waals surface area contributed by atoms with Crippen LogP contribution in [0, 0.1) is 68.5 Å². The summed E-state index contributed by atoms with van der Waals surface area (Å²) in [7, 11) is 0. The number of aliphatic carboxylic acids is 1. The quantitative estimate of drug-likeness (QED) is 0.320. The Morgan fingerprint density at radius 1 is 0.825 bits per heavy atom. The molecule has 5 fully saturated rings. The number of rotatable bonds is 7. The predicted octanol–water partition coefficient (Wildman–Crippen LogP) is 9.74. The van der Waals surface area contributed by atoms with Gasteiger partial charge < -0.3 is 5.11 Å². The third-order valence-corrected chi connectivity index (χ3v) is 15.0. The lowest BCUT2D eigenvalue weighted by Crippen LogP contribution is -2.65. The van der Waals surface area contributed by atoms with Crippen molar-refractivity contribution in [2.45, 2.75) is 139 Å². The van der Waals surface area contributed by atoms with Crippen LogP contribution in [0.25, 0.3) is 0 Å². The van der Waals surface area contributed by atoms with Crippen LogP contribution in [0.4, 0.5) is 0 Å². The molecule has 5 saturated carbocycles. The highest BCUT2D eigenvalue weighted by molar-refractivity contribution is 5.80. The van der Waals surface area contributed by atoms with Gasteiger partial charge in [-0.25, -0.2) is 0 Å². The minimum atomic E-state index is -0.809. The molecule has 6 unspecified atom stereocenters. The van der Waals surface area contributed by atoms with Crippen molar-refractivity contribution in [1.29, 1.82) is 0 Å². The number of carbonyl (C=O) groups is 2. The summed E-state index contributed by atoms with van der Waals surface area (Å²) in [4.78, 5) is 24.6. The van der Waals surface area contributed by atoms with Crippen LogP contribution < -0.4 is 0 Å². The number of hydrogen-bond acceptors (Lipinski definition) is 2. The van der Waals surface area contributed by atoms with Crippen LogP contribution in [0.1, 0.15) is 139 Å². The van der Waals surface area contributed by atoms with E-state index in [9.17, 15) is 14.7 Å². The molecule has 0 amide bonds. The van der Waals surface area contributed by atoms with Crippen molar-refractivity contribution in [3.63, 3.8) is 0 Å². The van der Waals surface area contributed by atoms with Gasteiger partial charge in [0, 0.05) is 12.8 Å². The molecule has 0 aromatic rings. The second-order valence-electron chi connectivity index (χ2n) is 17.8. The molecule has 1 N–H and O–H groups in total. The molecule has 0 aliphatic heterocycles. The molecule has 0 saturated heterocycles. The summed E-state index contributed by atoms with van der Waals surface area (Å²) in [5.41, 5.74) is 2.27. The molecular weight excluding hydrogens is 492 g/mol. The molecule has 5 rings (SSSR count). The Labute approximate surface area is 245 Å². The second kappa shape index (κ2) is 9.97. The first-order valence-electron chi connectivity index (χ1n) is 16.9. The van der Waals surface area contributed by atoms with E-state index in [1.807, 2.05) is 13.8 Å². The fraction of sp³-hybridized carbons (Fsp3) is 0.892. The Morgan fingerprint density at radius 3 is 2.15 bits per heavy atom. The number of ketones is 1. The first kappa shape index (κ1) is 30.3. The molecular formula is C37H60O3. The van der Waals surface area contributed by atoms with Gasteiger partial charge in [0.1, 0.15) is 5.78 Å². The molecule has 10 atom stereocenters.